The number of benzene rings is 1. The highest BCUT2D eigenvalue weighted by molar-refractivity contribution is 8.26. The highest BCUT2D eigenvalue weighted by Gasteiger charge is 2.32. The highest BCUT2D eigenvalue weighted by atomic mass is 32.2. The van der Waals surface area contributed by atoms with Crippen LogP contribution < -0.4 is 5.32 Å². The number of thioether (sulfide) groups is 1. The fourth-order valence-electron chi connectivity index (χ4n) is 1.22. The molecule has 3 nitrogen and oxygen atoms in total. The Hall–Kier alpha value is -1.29. The molecule has 0 saturated carbocycles. The van der Waals surface area contributed by atoms with Gasteiger partial charge in [-0.25, -0.2) is 0 Å². The largest absolute Gasteiger partial charge is 0.332 e. The zero-order chi connectivity index (χ0) is 9.26. The summed E-state index contributed by atoms with van der Waals surface area (Å²) in [6, 6.07) is 8.76. The topological polar surface area (TPSA) is 46.2 Å². The smallest absolute Gasteiger partial charge is 0.287 e. The standard InChI is InChI=1S/C9H7NO2S/c11-8-7(10-9(12)13-8)6-4-2-1-3-5-6/h1-5,7H,(H,10,12). The van der Waals surface area contributed by atoms with Crippen molar-refractivity contribution < 1.29 is 9.59 Å². The molecule has 0 bridgehead atoms. The molecule has 13 heavy (non-hydrogen) atoms. The third-order valence-electron chi connectivity index (χ3n) is 1.82. The number of amides is 1. The van der Waals surface area contributed by atoms with Gasteiger partial charge in [0.1, 0.15) is 6.04 Å². The van der Waals surface area contributed by atoms with E-state index in [1.165, 1.54) is 0 Å². The molecule has 1 heterocycles. The molecular formula is C9H7NO2S. The Morgan fingerprint density at radius 3 is 2.38 bits per heavy atom. The van der Waals surface area contributed by atoms with Gasteiger partial charge in [0.2, 0.25) is 5.12 Å². The number of hydrogen-bond acceptors (Lipinski definition) is 3. The van der Waals surface area contributed by atoms with Gasteiger partial charge in [0.25, 0.3) is 5.24 Å². The lowest BCUT2D eigenvalue weighted by atomic mass is 10.1. The lowest BCUT2D eigenvalue weighted by Crippen LogP contribution is -2.19. The second-order valence-corrected chi connectivity index (χ2v) is 3.67. The SMILES string of the molecule is O=C1NC(c2ccccc2)C(=O)S1. The summed E-state index contributed by atoms with van der Waals surface area (Å²) in [7, 11) is 0. The molecule has 1 aliphatic rings. The maximum Gasteiger partial charge on any atom is 0.287 e. The molecule has 4 heteroatoms. The van der Waals surface area contributed by atoms with Crippen molar-refractivity contribution >= 4 is 22.1 Å². The Morgan fingerprint density at radius 1 is 1.15 bits per heavy atom. The molecule has 1 fully saturated rings. The van der Waals surface area contributed by atoms with Gasteiger partial charge in [0.05, 0.1) is 0 Å². The molecule has 1 aliphatic heterocycles. The van der Waals surface area contributed by atoms with E-state index >= 15 is 0 Å². The van der Waals surface area contributed by atoms with Crippen LogP contribution in [0.5, 0.6) is 0 Å². The van der Waals surface area contributed by atoms with E-state index in [9.17, 15) is 9.59 Å². The Balaban J connectivity index is 2.28. The van der Waals surface area contributed by atoms with Gasteiger partial charge >= 0.3 is 0 Å². The molecule has 1 amide bonds. The van der Waals surface area contributed by atoms with Gasteiger partial charge in [-0.1, -0.05) is 30.3 Å². The van der Waals surface area contributed by atoms with Crippen LogP contribution in [-0.4, -0.2) is 10.4 Å². The van der Waals surface area contributed by atoms with Crippen LogP contribution in [0, 0.1) is 0 Å². The van der Waals surface area contributed by atoms with Crippen molar-refractivity contribution in [3.63, 3.8) is 0 Å². The van der Waals surface area contributed by atoms with Crippen molar-refractivity contribution in [3.8, 4) is 0 Å². The van der Waals surface area contributed by atoms with Crippen molar-refractivity contribution in [2.24, 2.45) is 0 Å². The lowest BCUT2D eigenvalue weighted by molar-refractivity contribution is -0.112. The van der Waals surface area contributed by atoms with E-state index < -0.39 is 6.04 Å². The molecule has 0 spiro atoms. The van der Waals surface area contributed by atoms with Crippen LogP contribution in [0.3, 0.4) is 0 Å². The lowest BCUT2D eigenvalue weighted by Gasteiger charge is -2.06. The minimum absolute atomic E-state index is 0.129. The van der Waals surface area contributed by atoms with Gasteiger partial charge in [-0.3, -0.25) is 9.59 Å². The predicted octanol–water partition coefficient (Wildman–Crippen LogP) is 1.71. The summed E-state index contributed by atoms with van der Waals surface area (Å²) < 4.78 is 0. The monoisotopic (exact) mass is 193 g/mol. The van der Waals surface area contributed by atoms with E-state index in [0.717, 1.165) is 17.3 Å². The van der Waals surface area contributed by atoms with Crippen LogP contribution in [-0.2, 0) is 4.79 Å². The first-order valence-electron chi connectivity index (χ1n) is 3.84. The minimum atomic E-state index is -0.460. The molecule has 0 aromatic heterocycles. The molecule has 1 N–H and O–H groups in total. The zero-order valence-electron chi connectivity index (χ0n) is 6.69. The van der Waals surface area contributed by atoms with Crippen LogP contribution in [0.1, 0.15) is 11.6 Å². The summed E-state index contributed by atoms with van der Waals surface area (Å²) in [5, 5.41) is 2.20. The summed E-state index contributed by atoms with van der Waals surface area (Å²) in [5.41, 5.74) is 0.839. The first kappa shape index (κ1) is 8.31. The van der Waals surface area contributed by atoms with Crippen LogP contribution in [0.4, 0.5) is 4.79 Å². The fraction of sp³-hybridized carbons (Fsp3) is 0.111. The third-order valence-corrected chi connectivity index (χ3v) is 2.56. The molecule has 1 atom stereocenters. The Labute approximate surface area is 79.5 Å². The quantitative estimate of drug-likeness (QED) is 0.738. The molecule has 1 saturated heterocycles. The summed E-state index contributed by atoms with van der Waals surface area (Å²) in [6.45, 7) is 0. The average Bonchev–Trinajstić information content (AvgIpc) is 2.47. The maximum atomic E-state index is 11.3. The summed E-state index contributed by atoms with van der Waals surface area (Å²) in [5.74, 6) is 0. The normalized spacial score (nSPS) is 21.7. The number of carbonyl (C=O) groups excluding carboxylic acids is 2. The molecule has 66 valence electrons. The van der Waals surface area contributed by atoms with E-state index in [2.05, 4.69) is 5.32 Å². The van der Waals surface area contributed by atoms with E-state index in [-0.39, 0.29) is 10.4 Å². The van der Waals surface area contributed by atoms with Gasteiger partial charge < -0.3 is 5.32 Å². The van der Waals surface area contributed by atoms with Crippen LogP contribution in [0.25, 0.3) is 0 Å². The number of nitrogens with one attached hydrogen (secondary N) is 1. The second kappa shape index (κ2) is 3.22. The molecule has 1 unspecified atom stereocenters. The van der Waals surface area contributed by atoms with E-state index in [1.807, 2.05) is 30.3 Å². The van der Waals surface area contributed by atoms with Crippen molar-refractivity contribution in [3.05, 3.63) is 35.9 Å². The number of hydrogen-bond donors (Lipinski definition) is 1. The molecule has 1 aromatic carbocycles. The van der Waals surface area contributed by atoms with Crippen LogP contribution in [0.2, 0.25) is 0 Å². The summed E-state index contributed by atoms with van der Waals surface area (Å²) in [4.78, 5) is 22.1. The van der Waals surface area contributed by atoms with Crippen molar-refractivity contribution in [1.29, 1.82) is 0 Å². The fourth-order valence-corrected chi connectivity index (χ4v) is 1.89. The summed E-state index contributed by atoms with van der Waals surface area (Å²) in [6.07, 6.45) is 0. The zero-order valence-corrected chi connectivity index (χ0v) is 7.51. The minimum Gasteiger partial charge on any atom is -0.332 e. The number of carbonyl (C=O) groups is 2. The highest BCUT2D eigenvalue weighted by Crippen LogP contribution is 2.27. The predicted molar refractivity (Wildman–Crippen MR) is 50.3 cm³/mol. The van der Waals surface area contributed by atoms with Crippen molar-refractivity contribution in [1.82, 2.24) is 5.32 Å². The van der Waals surface area contributed by atoms with Crippen LogP contribution >= 0.6 is 11.8 Å². The maximum absolute atomic E-state index is 11.3. The van der Waals surface area contributed by atoms with Gasteiger partial charge in [-0.05, 0) is 5.56 Å². The molecule has 1 aromatic rings. The van der Waals surface area contributed by atoms with Gasteiger partial charge in [-0.15, -0.1) is 0 Å². The number of rotatable bonds is 1. The van der Waals surface area contributed by atoms with E-state index in [4.69, 9.17) is 0 Å². The Kier molecular flexibility index (Phi) is 2.06. The van der Waals surface area contributed by atoms with Crippen molar-refractivity contribution in [2.45, 2.75) is 6.04 Å². The van der Waals surface area contributed by atoms with Crippen LogP contribution in [0.15, 0.2) is 30.3 Å². The van der Waals surface area contributed by atoms with Crippen molar-refractivity contribution in [2.75, 3.05) is 0 Å². The molecular weight excluding hydrogens is 186 g/mol. The molecule has 0 aliphatic carbocycles. The molecule has 2 rings (SSSR count). The second-order valence-electron chi connectivity index (χ2n) is 2.70. The van der Waals surface area contributed by atoms with Gasteiger partial charge in [0.15, 0.2) is 0 Å². The Bertz CT molecular complexity index is 350. The van der Waals surface area contributed by atoms with Gasteiger partial charge in [0, 0.05) is 11.8 Å². The third kappa shape index (κ3) is 1.58. The Morgan fingerprint density at radius 2 is 1.85 bits per heavy atom. The van der Waals surface area contributed by atoms with Gasteiger partial charge in [-0.2, -0.15) is 0 Å². The molecule has 0 radical (unpaired) electrons. The first-order chi connectivity index (χ1) is 6.27. The van der Waals surface area contributed by atoms with E-state index in [1.54, 1.807) is 0 Å². The first-order valence-corrected chi connectivity index (χ1v) is 4.66. The van der Waals surface area contributed by atoms with E-state index in [0.29, 0.717) is 0 Å². The summed E-state index contributed by atoms with van der Waals surface area (Å²) >= 11 is 0.734. The average molecular weight is 193 g/mol.